The molecule has 0 unspecified atom stereocenters. The molecule has 2 aromatic carbocycles. The first-order valence-electron chi connectivity index (χ1n) is 8.48. The molecule has 25 heavy (non-hydrogen) atoms. The van der Waals surface area contributed by atoms with Crippen molar-refractivity contribution < 1.29 is 9.21 Å². The van der Waals surface area contributed by atoms with Crippen LogP contribution in [0.1, 0.15) is 18.9 Å². The molecular weight excluding hydrogens is 316 g/mol. The Bertz CT molecular complexity index is 962. The third-order valence-electron chi connectivity index (χ3n) is 4.14. The zero-order chi connectivity index (χ0) is 17.8. The minimum atomic E-state index is -0.374. The Hall–Kier alpha value is -2.66. The molecule has 0 bridgehead atoms. The van der Waals surface area contributed by atoms with Gasteiger partial charge in [0.1, 0.15) is 5.58 Å². The van der Waals surface area contributed by atoms with Gasteiger partial charge in [0.2, 0.25) is 5.91 Å². The van der Waals surface area contributed by atoms with E-state index in [1.807, 2.05) is 55.3 Å². The number of nitrogens with zero attached hydrogens (tertiary/aromatic N) is 1. The molecule has 0 atom stereocenters. The van der Waals surface area contributed by atoms with Gasteiger partial charge in [-0.3, -0.25) is 9.69 Å². The minimum Gasteiger partial charge on any atom is -0.423 e. The first-order chi connectivity index (χ1) is 12.1. The standard InChI is InChI=1S/C20H22N2O3/c1-3-10-21-18(23)13-22(2)12-15-11-19(24)25-17-9-8-14-6-4-5-7-16(14)20(15)17/h4-9,11H,3,10,12-13H2,1-2H3,(H,21,23). The van der Waals surface area contributed by atoms with Gasteiger partial charge in [0, 0.05) is 24.5 Å². The fraction of sp³-hybridized carbons (Fsp3) is 0.300. The van der Waals surface area contributed by atoms with Crippen molar-refractivity contribution in [1.29, 1.82) is 0 Å². The van der Waals surface area contributed by atoms with E-state index in [1.165, 1.54) is 6.07 Å². The second kappa shape index (κ2) is 7.49. The van der Waals surface area contributed by atoms with Crippen LogP contribution in [-0.2, 0) is 11.3 Å². The predicted octanol–water partition coefficient (Wildman–Crippen LogP) is 2.90. The first kappa shape index (κ1) is 17.2. The molecular formula is C20H22N2O3. The number of benzene rings is 2. The van der Waals surface area contributed by atoms with Crippen molar-refractivity contribution in [3.8, 4) is 0 Å². The van der Waals surface area contributed by atoms with E-state index < -0.39 is 0 Å². The van der Waals surface area contributed by atoms with Crippen LogP contribution < -0.4 is 10.9 Å². The maximum Gasteiger partial charge on any atom is 0.336 e. The van der Waals surface area contributed by atoms with E-state index in [1.54, 1.807) is 0 Å². The summed E-state index contributed by atoms with van der Waals surface area (Å²) in [4.78, 5) is 25.7. The maximum absolute atomic E-state index is 11.9. The Morgan fingerprint density at radius 1 is 1.20 bits per heavy atom. The Morgan fingerprint density at radius 3 is 2.80 bits per heavy atom. The Balaban J connectivity index is 1.96. The number of carbonyl (C=O) groups is 1. The van der Waals surface area contributed by atoms with Crippen molar-refractivity contribution in [2.45, 2.75) is 19.9 Å². The second-order valence-corrected chi connectivity index (χ2v) is 6.27. The number of hydrogen-bond donors (Lipinski definition) is 1. The summed E-state index contributed by atoms with van der Waals surface area (Å²) in [6.07, 6.45) is 0.909. The van der Waals surface area contributed by atoms with Gasteiger partial charge in [0.15, 0.2) is 0 Å². The summed E-state index contributed by atoms with van der Waals surface area (Å²) in [7, 11) is 1.87. The second-order valence-electron chi connectivity index (χ2n) is 6.27. The third-order valence-corrected chi connectivity index (χ3v) is 4.14. The van der Waals surface area contributed by atoms with E-state index in [0.717, 1.165) is 28.1 Å². The predicted molar refractivity (Wildman–Crippen MR) is 99.6 cm³/mol. The van der Waals surface area contributed by atoms with Crippen LogP contribution in [0.25, 0.3) is 21.7 Å². The van der Waals surface area contributed by atoms with Crippen LogP contribution in [0, 0.1) is 0 Å². The first-order valence-corrected chi connectivity index (χ1v) is 8.48. The molecule has 1 amide bonds. The van der Waals surface area contributed by atoms with Gasteiger partial charge >= 0.3 is 5.63 Å². The van der Waals surface area contributed by atoms with Crippen molar-refractivity contribution in [2.75, 3.05) is 20.1 Å². The van der Waals surface area contributed by atoms with Crippen LogP contribution in [0.15, 0.2) is 51.7 Å². The molecule has 0 aliphatic rings. The molecule has 0 saturated carbocycles. The molecule has 130 valence electrons. The Kier molecular flexibility index (Phi) is 5.14. The number of rotatable bonds is 6. The molecule has 0 fully saturated rings. The SMILES string of the molecule is CCCNC(=O)CN(C)Cc1cc(=O)oc2ccc3ccccc3c12. The Morgan fingerprint density at radius 2 is 2.00 bits per heavy atom. The molecule has 5 heteroatoms. The number of carbonyl (C=O) groups excluding carboxylic acids is 1. The van der Waals surface area contributed by atoms with E-state index in [9.17, 15) is 9.59 Å². The molecule has 3 aromatic rings. The van der Waals surface area contributed by atoms with Gasteiger partial charge in [-0.1, -0.05) is 37.3 Å². The summed E-state index contributed by atoms with van der Waals surface area (Å²) in [5, 5.41) is 5.93. The molecule has 0 radical (unpaired) electrons. The number of nitrogens with one attached hydrogen (secondary N) is 1. The van der Waals surface area contributed by atoms with Gasteiger partial charge < -0.3 is 9.73 Å². The smallest absolute Gasteiger partial charge is 0.336 e. The fourth-order valence-electron chi connectivity index (χ4n) is 3.06. The highest BCUT2D eigenvalue weighted by Crippen LogP contribution is 2.27. The normalized spacial score (nSPS) is 11.3. The van der Waals surface area contributed by atoms with Crippen molar-refractivity contribution in [2.24, 2.45) is 0 Å². The minimum absolute atomic E-state index is 0.0125. The molecule has 1 aromatic heterocycles. The summed E-state index contributed by atoms with van der Waals surface area (Å²) in [6, 6.07) is 13.3. The molecule has 0 saturated heterocycles. The van der Waals surface area contributed by atoms with Crippen LogP contribution in [0.3, 0.4) is 0 Å². The van der Waals surface area contributed by atoms with Crippen molar-refractivity contribution in [1.82, 2.24) is 10.2 Å². The summed E-state index contributed by atoms with van der Waals surface area (Å²) in [6.45, 7) is 3.47. The van der Waals surface area contributed by atoms with Gasteiger partial charge in [-0.15, -0.1) is 0 Å². The summed E-state index contributed by atoms with van der Waals surface area (Å²) >= 11 is 0. The Labute approximate surface area is 146 Å². The van der Waals surface area contributed by atoms with Crippen LogP contribution in [-0.4, -0.2) is 30.9 Å². The van der Waals surface area contributed by atoms with Crippen molar-refractivity contribution in [3.63, 3.8) is 0 Å². The van der Waals surface area contributed by atoms with Gasteiger partial charge in [-0.05, 0) is 35.9 Å². The zero-order valence-electron chi connectivity index (χ0n) is 14.5. The largest absolute Gasteiger partial charge is 0.423 e. The highest BCUT2D eigenvalue weighted by atomic mass is 16.4. The fourth-order valence-corrected chi connectivity index (χ4v) is 3.06. The highest BCUT2D eigenvalue weighted by molar-refractivity contribution is 6.07. The van der Waals surface area contributed by atoms with E-state index >= 15 is 0 Å². The molecule has 1 N–H and O–H groups in total. The molecule has 0 aliphatic carbocycles. The number of fused-ring (bicyclic) bond motifs is 3. The number of likely N-dealkylation sites (N-methyl/N-ethyl adjacent to an activating group) is 1. The van der Waals surface area contributed by atoms with E-state index in [-0.39, 0.29) is 18.1 Å². The van der Waals surface area contributed by atoms with Crippen molar-refractivity contribution in [3.05, 3.63) is 58.4 Å². The van der Waals surface area contributed by atoms with Gasteiger partial charge in [-0.2, -0.15) is 0 Å². The summed E-state index contributed by atoms with van der Waals surface area (Å²) in [5.41, 5.74) is 1.07. The van der Waals surface area contributed by atoms with Crippen molar-refractivity contribution >= 4 is 27.6 Å². The lowest BCUT2D eigenvalue weighted by molar-refractivity contribution is -0.122. The van der Waals surface area contributed by atoms with Gasteiger partial charge in [0.25, 0.3) is 0 Å². The third kappa shape index (κ3) is 3.88. The summed E-state index contributed by atoms with van der Waals surface area (Å²) < 4.78 is 5.37. The topological polar surface area (TPSA) is 62.6 Å². The average molecular weight is 338 g/mol. The molecule has 3 rings (SSSR count). The van der Waals surface area contributed by atoms with Gasteiger partial charge in [0.05, 0.1) is 6.54 Å². The lowest BCUT2D eigenvalue weighted by Crippen LogP contribution is -2.35. The highest BCUT2D eigenvalue weighted by Gasteiger charge is 2.13. The number of hydrogen-bond acceptors (Lipinski definition) is 4. The monoisotopic (exact) mass is 338 g/mol. The van der Waals surface area contributed by atoms with Crippen LogP contribution in [0.4, 0.5) is 0 Å². The van der Waals surface area contributed by atoms with Crippen LogP contribution in [0.2, 0.25) is 0 Å². The van der Waals surface area contributed by atoms with E-state index in [4.69, 9.17) is 4.42 Å². The van der Waals surface area contributed by atoms with Crippen LogP contribution in [0.5, 0.6) is 0 Å². The summed E-state index contributed by atoms with van der Waals surface area (Å²) in [5.74, 6) is -0.0125. The lowest BCUT2D eigenvalue weighted by atomic mass is 10.0. The molecule has 0 spiro atoms. The number of amides is 1. The average Bonchev–Trinajstić information content (AvgIpc) is 2.59. The maximum atomic E-state index is 11.9. The molecule has 0 aliphatic heterocycles. The molecule has 1 heterocycles. The van der Waals surface area contributed by atoms with Gasteiger partial charge in [-0.25, -0.2) is 4.79 Å². The molecule has 5 nitrogen and oxygen atoms in total. The van der Waals surface area contributed by atoms with Crippen LogP contribution >= 0.6 is 0 Å². The lowest BCUT2D eigenvalue weighted by Gasteiger charge is -2.17. The van der Waals surface area contributed by atoms with E-state index in [0.29, 0.717) is 18.7 Å². The quantitative estimate of drug-likeness (QED) is 0.554. The van der Waals surface area contributed by atoms with E-state index in [2.05, 4.69) is 5.32 Å². The zero-order valence-corrected chi connectivity index (χ0v) is 14.5.